The van der Waals surface area contributed by atoms with Gasteiger partial charge in [-0.15, -0.1) is 20.7 Å². The molecule has 0 atom stereocenters. The number of anilines is 4. The fourth-order valence-corrected chi connectivity index (χ4v) is 10.9. The van der Waals surface area contributed by atoms with Gasteiger partial charge in [-0.2, -0.15) is 0 Å². The topological polar surface area (TPSA) is 169 Å². The Labute approximate surface area is 530 Å². The van der Waals surface area contributed by atoms with E-state index in [4.69, 9.17) is 40.5 Å². The van der Waals surface area contributed by atoms with Crippen molar-refractivity contribution in [2.45, 2.75) is 190 Å². The highest BCUT2D eigenvalue weighted by atomic mass is 35.5. The first-order valence-electron chi connectivity index (χ1n) is 31.3. The Balaban J connectivity index is 0.928. The van der Waals surface area contributed by atoms with E-state index >= 15 is 0 Å². The van der Waals surface area contributed by atoms with Crippen molar-refractivity contribution < 1.29 is 47.3 Å². The van der Waals surface area contributed by atoms with Gasteiger partial charge in [-0.05, 0) is 163 Å². The molecular weight excluding hydrogens is 1140 g/mol. The number of fused-ring (bicyclic) bond motifs is 4. The predicted octanol–water partition coefficient (Wildman–Crippen LogP) is 17.9. The van der Waals surface area contributed by atoms with Crippen LogP contribution in [0.3, 0.4) is 0 Å². The van der Waals surface area contributed by atoms with E-state index in [1.54, 1.807) is 9.80 Å². The summed E-state index contributed by atoms with van der Waals surface area (Å²) in [5.41, 5.74) is 11.0. The van der Waals surface area contributed by atoms with Crippen LogP contribution in [-0.2, 0) is 18.9 Å². The number of rotatable bonds is 21. The minimum atomic E-state index is -0.898. The van der Waals surface area contributed by atoms with E-state index < -0.39 is 46.8 Å². The molecule has 8 rings (SSSR count). The number of halogens is 1. The fraction of sp³-hybridized carbons (Fsp3) is 0.444. The standard InChI is InChI=1S/C72H89ClN8O8/c1-47-38-55-61(42-53(47)76-65(82)86-69(5,6)7)80(51-32-26-24-27-33-51)63-44-59(49(3)40-57(63)74-55)78(67(84)88-71(11,12)13)36-30-22-20-18-16-17-19-21-23-31-37-79(68(85)89-72(14,15)46-73)60-45-64-58(41-50(60)4)75-56-39-48(2)54(77-66(83)87-70(8,9)10)43-62(56)81(64)52-34-28-25-29-35-52/h24-29,32-35,38-45H,16-23,30-31,36-37,46H2,1-15H3/p+2. The van der Waals surface area contributed by atoms with Crippen LogP contribution < -0.4 is 29.6 Å². The number of para-hydroxylation sites is 2. The van der Waals surface area contributed by atoms with Gasteiger partial charge in [-0.1, -0.05) is 87.8 Å². The van der Waals surface area contributed by atoms with Crippen molar-refractivity contribution in [3.05, 3.63) is 131 Å². The smallest absolute Gasteiger partial charge is 0.414 e. The molecule has 16 nitrogen and oxygen atoms in total. The van der Waals surface area contributed by atoms with Crippen molar-refractivity contribution in [2.75, 3.05) is 39.4 Å². The van der Waals surface area contributed by atoms with Crippen LogP contribution in [0, 0.1) is 27.7 Å². The lowest BCUT2D eigenvalue weighted by Crippen LogP contribution is -2.40. The number of benzene rings is 6. The average molecular weight is 1230 g/mol. The van der Waals surface area contributed by atoms with Gasteiger partial charge >= 0.3 is 24.4 Å². The molecule has 17 heteroatoms. The minimum absolute atomic E-state index is 0.134. The highest BCUT2D eigenvalue weighted by Crippen LogP contribution is 2.34. The van der Waals surface area contributed by atoms with Gasteiger partial charge < -0.3 is 18.9 Å². The van der Waals surface area contributed by atoms with E-state index in [0.29, 0.717) is 30.2 Å². The fourth-order valence-electron chi connectivity index (χ4n) is 10.9. The lowest BCUT2D eigenvalue weighted by molar-refractivity contribution is -0.538. The molecule has 89 heavy (non-hydrogen) atoms. The third kappa shape index (κ3) is 17.6. The van der Waals surface area contributed by atoms with Crippen molar-refractivity contribution in [2.24, 2.45) is 0 Å². The third-order valence-electron chi connectivity index (χ3n) is 15.1. The second kappa shape index (κ2) is 28.2. The molecule has 0 radical (unpaired) electrons. The number of hydrogen-bond donors (Lipinski definition) is 2. The predicted molar refractivity (Wildman–Crippen MR) is 359 cm³/mol. The summed E-state index contributed by atoms with van der Waals surface area (Å²) in [6, 6.07) is 35.9. The lowest BCUT2D eigenvalue weighted by atomic mass is 10.1. The van der Waals surface area contributed by atoms with Crippen molar-refractivity contribution >= 4 is 103 Å². The van der Waals surface area contributed by atoms with Gasteiger partial charge in [0.05, 0.1) is 28.6 Å². The Hall–Kier alpha value is -8.11. The first-order valence-corrected chi connectivity index (χ1v) is 31.8. The molecule has 0 aliphatic carbocycles. The van der Waals surface area contributed by atoms with Gasteiger partial charge in [-0.3, -0.25) is 20.4 Å². The van der Waals surface area contributed by atoms with E-state index in [9.17, 15) is 19.2 Å². The van der Waals surface area contributed by atoms with Gasteiger partial charge in [0.25, 0.3) is 0 Å². The number of alkyl halides is 1. The molecule has 2 N–H and O–H groups in total. The number of carbonyl (C=O) groups excluding carboxylic acids is 4. The summed E-state index contributed by atoms with van der Waals surface area (Å²) in [6.45, 7) is 29.1. The number of unbranched alkanes of at least 4 members (excludes halogenated alkanes) is 9. The molecule has 0 bridgehead atoms. The molecule has 0 fully saturated rings. The van der Waals surface area contributed by atoms with Crippen LogP contribution in [0.5, 0.6) is 0 Å². The molecule has 0 aliphatic heterocycles. The molecular formula is C72H91ClN8O8+2. The highest BCUT2D eigenvalue weighted by Gasteiger charge is 2.32. The summed E-state index contributed by atoms with van der Waals surface area (Å²) < 4.78 is 27.6. The Kier molecular flexibility index (Phi) is 21.1. The number of amides is 4. The molecule has 0 spiro atoms. The Morgan fingerprint density at radius 1 is 0.427 bits per heavy atom. The van der Waals surface area contributed by atoms with Crippen LogP contribution >= 0.6 is 11.6 Å². The summed E-state index contributed by atoms with van der Waals surface area (Å²) in [6.07, 6.45) is 7.83. The van der Waals surface area contributed by atoms with Crippen LogP contribution in [0.15, 0.2) is 109 Å². The molecule has 2 heterocycles. The maximum absolute atomic E-state index is 14.3. The van der Waals surface area contributed by atoms with E-state index in [-0.39, 0.29) is 5.88 Å². The van der Waals surface area contributed by atoms with Crippen LogP contribution in [-0.4, -0.2) is 75.7 Å². The van der Waals surface area contributed by atoms with Crippen LogP contribution in [0.25, 0.3) is 55.5 Å². The Morgan fingerprint density at radius 3 is 1.08 bits per heavy atom. The largest absolute Gasteiger partial charge is 0.444 e. The zero-order valence-corrected chi connectivity index (χ0v) is 55.7. The molecule has 8 aromatic rings. The summed E-state index contributed by atoms with van der Waals surface area (Å²) >= 11 is 6.33. The van der Waals surface area contributed by atoms with E-state index in [0.717, 1.165) is 148 Å². The number of nitrogens with one attached hydrogen (secondary N) is 2. The van der Waals surface area contributed by atoms with Gasteiger partial charge in [0.1, 0.15) is 44.5 Å². The molecule has 0 unspecified atom stereocenters. The summed E-state index contributed by atoms with van der Waals surface area (Å²) in [5, 5.41) is 5.91. The quantitative estimate of drug-likeness (QED) is 0.0232. The highest BCUT2D eigenvalue weighted by molar-refractivity contribution is 6.18. The summed E-state index contributed by atoms with van der Waals surface area (Å²) in [4.78, 5) is 68.4. The van der Waals surface area contributed by atoms with Crippen LogP contribution in [0.1, 0.15) is 163 Å². The maximum atomic E-state index is 14.3. The van der Waals surface area contributed by atoms with E-state index in [2.05, 4.69) is 19.8 Å². The van der Waals surface area contributed by atoms with Crippen molar-refractivity contribution in [3.63, 3.8) is 0 Å². The first kappa shape index (κ1) is 66.8. The summed E-state index contributed by atoms with van der Waals surface area (Å²) in [5.74, 6) is 0.134. The summed E-state index contributed by atoms with van der Waals surface area (Å²) in [7, 11) is 0. The normalized spacial score (nSPS) is 12.1. The SMILES string of the molecule is Cc1cc2nc3cc(C)c(N(CCCCCCCCCCCCN(C(=O)OC(C)(C)CCl)c4cc5c(cc4C)nc4cc(C)c(NC(=O)OC(C)(C)C)cc4[n+]5-c4ccccc4)C(=O)OC(C)(C)C)cc3[n+](-c3ccccc3)c2cc1NC(=O)OC(C)(C)C. The number of carbonyl (C=O) groups is 4. The zero-order chi connectivity index (χ0) is 64.6. The number of nitrogens with zero attached hydrogens (tertiary/aromatic N) is 6. The Morgan fingerprint density at radius 2 is 0.742 bits per heavy atom. The Bertz CT molecular complexity index is 3870. The zero-order valence-electron chi connectivity index (χ0n) is 54.9. The average Bonchev–Trinajstić information content (AvgIpc) is 0.858. The van der Waals surface area contributed by atoms with Crippen molar-refractivity contribution in [1.29, 1.82) is 0 Å². The molecule has 6 aromatic carbocycles. The lowest BCUT2D eigenvalue weighted by Gasteiger charge is -2.29. The van der Waals surface area contributed by atoms with E-state index in [1.165, 1.54) is 0 Å². The molecule has 472 valence electrons. The molecule has 0 saturated carbocycles. The minimum Gasteiger partial charge on any atom is -0.444 e. The van der Waals surface area contributed by atoms with Gasteiger partial charge in [0, 0.05) is 61.6 Å². The third-order valence-corrected chi connectivity index (χ3v) is 15.7. The number of aryl methyl sites for hydroxylation is 4. The number of ether oxygens (including phenoxy) is 4. The molecule has 0 aliphatic rings. The van der Waals surface area contributed by atoms with Crippen LogP contribution in [0.2, 0.25) is 0 Å². The second-order valence-corrected chi connectivity index (χ2v) is 27.2. The van der Waals surface area contributed by atoms with Crippen molar-refractivity contribution in [1.82, 2.24) is 9.97 Å². The second-order valence-electron chi connectivity index (χ2n) is 27.0. The molecule has 2 aromatic heterocycles. The van der Waals surface area contributed by atoms with Crippen molar-refractivity contribution in [3.8, 4) is 11.4 Å². The van der Waals surface area contributed by atoms with Gasteiger partial charge in [-0.25, -0.2) is 29.1 Å². The number of hydrogen-bond acceptors (Lipinski definition) is 10. The van der Waals surface area contributed by atoms with E-state index in [1.807, 2.05) is 213 Å². The first-order chi connectivity index (χ1) is 42.0. The van der Waals surface area contributed by atoms with Gasteiger partial charge in [0.15, 0.2) is 0 Å². The number of aromatic nitrogens is 4. The van der Waals surface area contributed by atoms with Crippen LogP contribution in [0.4, 0.5) is 41.9 Å². The van der Waals surface area contributed by atoms with Gasteiger partial charge in [0.2, 0.25) is 33.4 Å². The molecule has 0 saturated heterocycles. The molecule has 4 amide bonds. The monoisotopic (exact) mass is 1230 g/mol. The maximum Gasteiger partial charge on any atom is 0.414 e.